The molecule has 0 aromatic carbocycles. The van der Waals surface area contributed by atoms with Crippen LogP contribution in [0.3, 0.4) is 0 Å². The van der Waals surface area contributed by atoms with E-state index in [0.717, 1.165) is 25.7 Å². The number of carbonyl (C=O) groups is 1. The minimum atomic E-state index is -4.51. The van der Waals surface area contributed by atoms with Crippen molar-refractivity contribution in [2.24, 2.45) is 0 Å². The van der Waals surface area contributed by atoms with Gasteiger partial charge in [-0.25, -0.2) is 0 Å². The first kappa shape index (κ1) is 15.7. The molecule has 0 amide bonds. The fourth-order valence-electron chi connectivity index (χ4n) is 1.26. The standard InChI is InChI=1S/C10H16ClF3O2/c11-9(15)7-5-3-1-2-4-6-8-16-10(12,13)14/h1-8H2. The first-order valence-electron chi connectivity index (χ1n) is 5.31. The molecule has 0 aliphatic carbocycles. The molecule has 0 saturated carbocycles. The highest BCUT2D eigenvalue weighted by atomic mass is 35.5. The van der Waals surface area contributed by atoms with Crippen molar-refractivity contribution in [3.63, 3.8) is 0 Å². The predicted molar refractivity (Wildman–Crippen MR) is 55.2 cm³/mol. The van der Waals surface area contributed by atoms with Gasteiger partial charge < -0.3 is 0 Å². The van der Waals surface area contributed by atoms with Gasteiger partial charge in [0.15, 0.2) is 0 Å². The number of unbranched alkanes of at least 4 members (excludes halogenated alkanes) is 5. The lowest BCUT2D eigenvalue weighted by Gasteiger charge is -2.06. The molecule has 0 saturated heterocycles. The zero-order chi connectivity index (χ0) is 12.4. The van der Waals surface area contributed by atoms with Crippen LogP contribution < -0.4 is 0 Å². The van der Waals surface area contributed by atoms with Gasteiger partial charge in [0.05, 0.1) is 6.61 Å². The van der Waals surface area contributed by atoms with Crippen molar-refractivity contribution in [3.05, 3.63) is 0 Å². The van der Waals surface area contributed by atoms with E-state index in [0.29, 0.717) is 19.3 Å². The van der Waals surface area contributed by atoms with Gasteiger partial charge in [0.25, 0.3) is 0 Å². The molecule has 96 valence electrons. The van der Waals surface area contributed by atoms with Crippen LogP contribution in [0, 0.1) is 0 Å². The zero-order valence-electron chi connectivity index (χ0n) is 8.99. The second-order valence-electron chi connectivity index (χ2n) is 3.52. The van der Waals surface area contributed by atoms with Gasteiger partial charge in [-0.2, -0.15) is 0 Å². The van der Waals surface area contributed by atoms with E-state index in [4.69, 9.17) is 11.6 Å². The third-order valence-electron chi connectivity index (χ3n) is 2.03. The van der Waals surface area contributed by atoms with E-state index in [1.54, 1.807) is 0 Å². The van der Waals surface area contributed by atoms with Crippen LogP contribution in [-0.2, 0) is 9.53 Å². The van der Waals surface area contributed by atoms with Crippen LogP contribution in [0.1, 0.15) is 44.9 Å². The summed E-state index contributed by atoms with van der Waals surface area (Å²) in [6, 6.07) is 0. The molecule has 0 aliphatic rings. The molecule has 0 unspecified atom stereocenters. The second-order valence-corrected chi connectivity index (χ2v) is 3.94. The van der Waals surface area contributed by atoms with E-state index in [-0.39, 0.29) is 11.8 Å². The van der Waals surface area contributed by atoms with Gasteiger partial charge in [0.1, 0.15) is 0 Å². The Balaban J connectivity index is 3.07. The summed E-state index contributed by atoms with van der Waals surface area (Å²) in [6.07, 6.45) is 0.395. The van der Waals surface area contributed by atoms with Crippen molar-refractivity contribution < 1.29 is 22.7 Å². The zero-order valence-corrected chi connectivity index (χ0v) is 9.74. The number of hydrogen-bond donors (Lipinski definition) is 0. The quantitative estimate of drug-likeness (QED) is 0.462. The maximum Gasteiger partial charge on any atom is 0.522 e. The Bertz CT molecular complexity index is 195. The summed E-state index contributed by atoms with van der Waals surface area (Å²) < 4.78 is 38.2. The average Bonchev–Trinajstić information content (AvgIpc) is 2.13. The highest BCUT2D eigenvalue weighted by Gasteiger charge is 2.28. The van der Waals surface area contributed by atoms with Crippen molar-refractivity contribution in [1.29, 1.82) is 0 Å². The molecule has 6 heteroatoms. The minimum absolute atomic E-state index is 0.274. The molecular weight excluding hydrogens is 245 g/mol. The summed E-state index contributed by atoms with van der Waals surface area (Å²) in [5, 5.41) is -0.335. The van der Waals surface area contributed by atoms with Crippen molar-refractivity contribution in [2.45, 2.75) is 51.3 Å². The summed E-state index contributed by atoms with van der Waals surface area (Å²) in [4.78, 5) is 10.4. The SMILES string of the molecule is O=C(Cl)CCCCCCCCOC(F)(F)F. The third kappa shape index (κ3) is 13.7. The number of ether oxygens (including phenoxy) is 1. The third-order valence-corrected chi connectivity index (χ3v) is 2.22. The fourth-order valence-corrected chi connectivity index (χ4v) is 1.39. The van der Waals surface area contributed by atoms with E-state index >= 15 is 0 Å². The van der Waals surface area contributed by atoms with Gasteiger partial charge in [-0.1, -0.05) is 25.7 Å². The van der Waals surface area contributed by atoms with Crippen LogP contribution in [0.5, 0.6) is 0 Å². The Hall–Kier alpha value is -0.290. The lowest BCUT2D eigenvalue weighted by Crippen LogP contribution is -2.13. The molecular formula is C10H16ClF3O2. The maximum atomic E-state index is 11.5. The van der Waals surface area contributed by atoms with E-state index < -0.39 is 6.36 Å². The minimum Gasteiger partial charge on any atom is -0.292 e. The Kier molecular flexibility index (Phi) is 8.66. The van der Waals surface area contributed by atoms with Gasteiger partial charge in [0.2, 0.25) is 5.24 Å². The monoisotopic (exact) mass is 260 g/mol. The van der Waals surface area contributed by atoms with Crippen LogP contribution in [0.4, 0.5) is 13.2 Å². The van der Waals surface area contributed by atoms with Crippen LogP contribution in [0.25, 0.3) is 0 Å². The Morgan fingerprint density at radius 1 is 1.00 bits per heavy atom. The largest absolute Gasteiger partial charge is 0.522 e. The molecule has 16 heavy (non-hydrogen) atoms. The lowest BCUT2D eigenvalue weighted by molar-refractivity contribution is -0.324. The molecule has 0 atom stereocenters. The van der Waals surface area contributed by atoms with Crippen molar-refractivity contribution in [1.82, 2.24) is 0 Å². The molecule has 0 aliphatic heterocycles. The Morgan fingerprint density at radius 3 is 2.00 bits per heavy atom. The molecule has 0 fully saturated rings. The van der Waals surface area contributed by atoms with E-state index in [1.807, 2.05) is 0 Å². The molecule has 0 aromatic rings. The fraction of sp³-hybridized carbons (Fsp3) is 0.900. The maximum absolute atomic E-state index is 11.5. The van der Waals surface area contributed by atoms with Crippen molar-refractivity contribution in [3.8, 4) is 0 Å². The number of alkyl halides is 3. The molecule has 0 rings (SSSR count). The molecule has 0 bridgehead atoms. The van der Waals surface area contributed by atoms with E-state index in [9.17, 15) is 18.0 Å². The van der Waals surface area contributed by atoms with Crippen LogP contribution in [0.15, 0.2) is 0 Å². The molecule has 2 nitrogen and oxygen atoms in total. The Labute approximate surface area is 98.1 Å². The highest BCUT2D eigenvalue weighted by molar-refractivity contribution is 6.63. The van der Waals surface area contributed by atoms with Crippen molar-refractivity contribution in [2.75, 3.05) is 6.61 Å². The average molecular weight is 261 g/mol. The summed E-state index contributed by atoms with van der Waals surface area (Å²) in [6.45, 7) is -0.274. The first-order valence-corrected chi connectivity index (χ1v) is 5.68. The Morgan fingerprint density at radius 2 is 1.50 bits per heavy atom. The van der Waals surface area contributed by atoms with Gasteiger partial charge in [0, 0.05) is 6.42 Å². The molecule has 0 radical (unpaired) electrons. The van der Waals surface area contributed by atoms with Gasteiger partial charge in [-0.15, -0.1) is 13.2 Å². The molecule has 0 heterocycles. The van der Waals surface area contributed by atoms with Crippen LogP contribution >= 0.6 is 11.6 Å². The smallest absolute Gasteiger partial charge is 0.292 e. The highest BCUT2D eigenvalue weighted by Crippen LogP contribution is 2.17. The summed E-state index contributed by atoms with van der Waals surface area (Å²) in [5.41, 5.74) is 0. The normalized spacial score (nSPS) is 11.8. The number of carbonyl (C=O) groups excluding carboxylic acids is 1. The first-order chi connectivity index (χ1) is 7.42. The lowest BCUT2D eigenvalue weighted by atomic mass is 10.1. The van der Waals surface area contributed by atoms with E-state index in [1.165, 1.54) is 0 Å². The molecule has 0 aromatic heterocycles. The summed E-state index contributed by atoms with van der Waals surface area (Å²) >= 11 is 5.14. The van der Waals surface area contributed by atoms with Gasteiger partial charge >= 0.3 is 6.36 Å². The number of hydrogen-bond acceptors (Lipinski definition) is 2. The molecule has 0 N–H and O–H groups in total. The number of halogens is 4. The van der Waals surface area contributed by atoms with Crippen LogP contribution in [0.2, 0.25) is 0 Å². The summed E-state index contributed by atoms with van der Waals surface area (Å²) in [5.74, 6) is 0. The topological polar surface area (TPSA) is 26.3 Å². The van der Waals surface area contributed by atoms with Gasteiger partial charge in [-0.3, -0.25) is 9.53 Å². The van der Waals surface area contributed by atoms with E-state index in [2.05, 4.69) is 4.74 Å². The van der Waals surface area contributed by atoms with Crippen LogP contribution in [-0.4, -0.2) is 18.2 Å². The van der Waals surface area contributed by atoms with Crippen molar-refractivity contribution >= 4 is 16.8 Å². The van der Waals surface area contributed by atoms with Gasteiger partial charge in [-0.05, 0) is 24.4 Å². The second kappa shape index (κ2) is 8.82. The predicted octanol–water partition coefficient (Wildman–Crippen LogP) is 4.02. The molecule has 0 spiro atoms. The summed E-state index contributed by atoms with van der Waals surface area (Å²) in [7, 11) is 0. The number of rotatable bonds is 9.